The van der Waals surface area contributed by atoms with E-state index in [0.29, 0.717) is 31.6 Å². The van der Waals surface area contributed by atoms with E-state index >= 15 is 0 Å². The molecule has 5 rings (SSSR count). The summed E-state index contributed by atoms with van der Waals surface area (Å²) in [6.07, 6.45) is 3.58. The molecule has 0 saturated heterocycles. The van der Waals surface area contributed by atoms with E-state index in [1.54, 1.807) is 71.6 Å². The lowest BCUT2D eigenvalue weighted by atomic mass is 10.2. The molecule has 34 heavy (non-hydrogen) atoms. The third-order valence-electron chi connectivity index (χ3n) is 4.67. The van der Waals surface area contributed by atoms with Crippen molar-refractivity contribution in [3.8, 4) is 0 Å². The summed E-state index contributed by atoms with van der Waals surface area (Å²) in [5, 5.41) is 21.5. The first-order valence-corrected chi connectivity index (χ1v) is 14.8. The van der Waals surface area contributed by atoms with Crippen LogP contribution in [-0.4, -0.2) is 20.4 Å². The molecule has 0 N–H and O–H groups in total. The minimum atomic E-state index is 0.618. The predicted molar refractivity (Wildman–Crippen MR) is 144 cm³/mol. The summed E-state index contributed by atoms with van der Waals surface area (Å²) in [6.45, 7) is 0. The van der Waals surface area contributed by atoms with Crippen LogP contribution in [0.5, 0.6) is 0 Å². The number of halogens is 4. The highest BCUT2D eigenvalue weighted by molar-refractivity contribution is 8.06. The Kier molecular flexibility index (Phi) is 8.07. The molecule has 0 atom stereocenters. The SMILES string of the molecule is Clc1ccc(CSc2nncc3c2Sc2cnnc(SCc4ccc(Cl)cc4Cl)c2S3)c(Cl)c1. The molecule has 0 fully saturated rings. The summed E-state index contributed by atoms with van der Waals surface area (Å²) >= 11 is 31.2. The van der Waals surface area contributed by atoms with Gasteiger partial charge in [0.15, 0.2) is 0 Å². The number of rotatable bonds is 6. The highest BCUT2D eigenvalue weighted by Gasteiger charge is 2.25. The van der Waals surface area contributed by atoms with Gasteiger partial charge in [0.1, 0.15) is 10.1 Å². The molecule has 0 saturated carbocycles. The average Bonchev–Trinajstić information content (AvgIpc) is 2.82. The van der Waals surface area contributed by atoms with Crippen molar-refractivity contribution in [2.24, 2.45) is 0 Å². The minimum Gasteiger partial charge on any atom is -0.157 e. The fraction of sp³-hybridized carbons (Fsp3) is 0.0909. The van der Waals surface area contributed by atoms with Gasteiger partial charge in [-0.2, -0.15) is 10.2 Å². The Labute approximate surface area is 233 Å². The second kappa shape index (κ2) is 11.0. The molecule has 12 heteroatoms. The van der Waals surface area contributed by atoms with Crippen molar-refractivity contribution in [2.45, 2.75) is 41.1 Å². The summed E-state index contributed by atoms with van der Waals surface area (Å²) in [7, 11) is 0. The second-order valence-electron chi connectivity index (χ2n) is 6.94. The zero-order valence-electron chi connectivity index (χ0n) is 17.0. The lowest BCUT2D eigenvalue weighted by Crippen LogP contribution is -2.00. The highest BCUT2D eigenvalue weighted by Crippen LogP contribution is 2.53. The van der Waals surface area contributed by atoms with Crippen LogP contribution >= 0.6 is 93.5 Å². The van der Waals surface area contributed by atoms with Crippen molar-refractivity contribution in [3.63, 3.8) is 0 Å². The number of nitrogens with zero attached hydrogens (tertiary/aromatic N) is 4. The van der Waals surface area contributed by atoms with Crippen LogP contribution < -0.4 is 0 Å². The van der Waals surface area contributed by atoms with Gasteiger partial charge in [-0.05, 0) is 35.4 Å². The summed E-state index contributed by atoms with van der Waals surface area (Å²) in [5.74, 6) is 1.33. The summed E-state index contributed by atoms with van der Waals surface area (Å²) < 4.78 is 0. The van der Waals surface area contributed by atoms with Gasteiger partial charge in [0, 0.05) is 41.4 Å². The molecule has 3 heterocycles. The quantitative estimate of drug-likeness (QED) is 0.179. The van der Waals surface area contributed by atoms with Crippen molar-refractivity contribution in [1.82, 2.24) is 20.4 Å². The number of hydrogen-bond donors (Lipinski definition) is 0. The Hall–Kier alpha value is -0.840. The van der Waals surface area contributed by atoms with Gasteiger partial charge >= 0.3 is 0 Å². The van der Waals surface area contributed by atoms with Gasteiger partial charge in [0.05, 0.1) is 22.2 Å². The van der Waals surface area contributed by atoms with Crippen molar-refractivity contribution in [1.29, 1.82) is 0 Å². The molecule has 1 aliphatic heterocycles. The highest BCUT2D eigenvalue weighted by atomic mass is 35.5. The van der Waals surface area contributed by atoms with E-state index in [0.717, 1.165) is 40.8 Å². The van der Waals surface area contributed by atoms with Crippen LogP contribution in [0.15, 0.2) is 78.4 Å². The van der Waals surface area contributed by atoms with Gasteiger partial charge in [-0.1, -0.05) is 106 Å². The van der Waals surface area contributed by atoms with E-state index in [4.69, 9.17) is 46.4 Å². The molecule has 0 aliphatic carbocycles. The first-order chi connectivity index (χ1) is 16.5. The largest absolute Gasteiger partial charge is 0.157 e. The number of hydrogen-bond acceptors (Lipinski definition) is 8. The maximum Gasteiger partial charge on any atom is 0.134 e. The Bertz CT molecular complexity index is 1280. The lowest BCUT2D eigenvalue weighted by Gasteiger charge is -2.20. The van der Waals surface area contributed by atoms with Crippen molar-refractivity contribution < 1.29 is 0 Å². The molecule has 2 aromatic heterocycles. The van der Waals surface area contributed by atoms with Gasteiger partial charge in [-0.25, -0.2) is 0 Å². The van der Waals surface area contributed by atoms with E-state index in [-0.39, 0.29) is 0 Å². The molecule has 0 amide bonds. The first-order valence-electron chi connectivity index (χ1n) is 9.68. The fourth-order valence-electron chi connectivity index (χ4n) is 3.00. The number of fused-ring (bicyclic) bond motifs is 2. The van der Waals surface area contributed by atoms with Crippen LogP contribution in [0.3, 0.4) is 0 Å². The molecule has 0 bridgehead atoms. The van der Waals surface area contributed by atoms with Crippen LogP contribution in [0.1, 0.15) is 11.1 Å². The smallest absolute Gasteiger partial charge is 0.134 e. The number of benzene rings is 2. The predicted octanol–water partition coefficient (Wildman–Crippen LogP) is 9.08. The second-order valence-corrected chi connectivity index (χ2v) is 12.7. The van der Waals surface area contributed by atoms with Crippen LogP contribution in [0.25, 0.3) is 0 Å². The third kappa shape index (κ3) is 5.60. The monoisotopic (exact) mass is 600 g/mol. The van der Waals surface area contributed by atoms with Crippen molar-refractivity contribution in [3.05, 3.63) is 80.0 Å². The van der Waals surface area contributed by atoms with E-state index in [1.165, 1.54) is 0 Å². The van der Waals surface area contributed by atoms with Crippen LogP contribution in [-0.2, 0) is 11.5 Å². The third-order valence-corrected chi connectivity index (χ3v) is 10.7. The molecular formula is C22H12Cl4N4S4. The molecule has 1 aliphatic rings. The summed E-state index contributed by atoms with van der Waals surface area (Å²) in [6, 6.07) is 11.0. The molecule has 0 spiro atoms. The molecular weight excluding hydrogens is 590 g/mol. The topological polar surface area (TPSA) is 51.6 Å². The number of thioether (sulfide) groups is 2. The maximum absolute atomic E-state index is 6.34. The van der Waals surface area contributed by atoms with Gasteiger partial charge in [-0.15, -0.1) is 10.2 Å². The maximum atomic E-state index is 6.34. The molecule has 2 aromatic carbocycles. The van der Waals surface area contributed by atoms with Gasteiger partial charge < -0.3 is 0 Å². The van der Waals surface area contributed by atoms with E-state index in [2.05, 4.69) is 20.4 Å². The first kappa shape index (κ1) is 24.8. The van der Waals surface area contributed by atoms with E-state index in [1.807, 2.05) is 24.3 Å². The zero-order valence-corrected chi connectivity index (χ0v) is 23.3. The molecule has 0 unspecified atom stereocenters. The van der Waals surface area contributed by atoms with Crippen molar-refractivity contribution >= 4 is 93.5 Å². The van der Waals surface area contributed by atoms with Gasteiger partial charge in [0.2, 0.25) is 0 Å². The standard InChI is InChI=1S/C22H12Cl4N4S4/c23-13-3-1-11(15(25)5-13)9-31-21-19-17(7-27-29-21)34-20-18(33-19)8-28-30-22(20)32-10-12-2-4-14(24)6-16(12)26/h1-8H,9-10H2. The fourth-order valence-corrected chi connectivity index (χ4v) is 8.70. The average molecular weight is 602 g/mol. The summed E-state index contributed by atoms with van der Waals surface area (Å²) in [5.41, 5.74) is 1.99. The lowest BCUT2D eigenvalue weighted by molar-refractivity contribution is 0.801. The Morgan fingerprint density at radius 3 is 1.50 bits per heavy atom. The Morgan fingerprint density at radius 1 is 0.647 bits per heavy atom. The van der Waals surface area contributed by atoms with Crippen LogP contribution in [0.2, 0.25) is 20.1 Å². The van der Waals surface area contributed by atoms with Crippen LogP contribution in [0.4, 0.5) is 0 Å². The molecule has 172 valence electrons. The number of aromatic nitrogens is 4. The minimum absolute atomic E-state index is 0.618. The molecule has 4 aromatic rings. The zero-order chi connectivity index (χ0) is 23.7. The van der Waals surface area contributed by atoms with E-state index < -0.39 is 0 Å². The van der Waals surface area contributed by atoms with E-state index in [9.17, 15) is 0 Å². The summed E-state index contributed by atoms with van der Waals surface area (Å²) in [4.78, 5) is 4.20. The molecule has 4 nitrogen and oxygen atoms in total. The van der Waals surface area contributed by atoms with Crippen LogP contribution in [0, 0.1) is 0 Å². The van der Waals surface area contributed by atoms with Gasteiger partial charge in [0.25, 0.3) is 0 Å². The van der Waals surface area contributed by atoms with Crippen molar-refractivity contribution in [2.75, 3.05) is 0 Å². The Balaban J connectivity index is 1.35. The Morgan fingerprint density at radius 2 is 1.09 bits per heavy atom. The van der Waals surface area contributed by atoms with Gasteiger partial charge in [-0.3, -0.25) is 0 Å². The molecule has 0 radical (unpaired) electrons. The normalized spacial score (nSPS) is 12.4.